The van der Waals surface area contributed by atoms with E-state index in [4.69, 9.17) is 9.47 Å². The predicted octanol–water partition coefficient (Wildman–Crippen LogP) is 4.14. The van der Waals surface area contributed by atoms with Crippen molar-refractivity contribution in [3.8, 4) is 11.5 Å². The van der Waals surface area contributed by atoms with Crippen LogP contribution in [-0.4, -0.2) is 12.7 Å². The third kappa shape index (κ3) is 3.31. The highest BCUT2D eigenvalue weighted by Gasteiger charge is 2.12. The molecule has 1 N–H and O–H groups in total. The van der Waals surface area contributed by atoms with Gasteiger partial charge in [-0.1, -0.05) is 22.0 Å². The minimum atomic E-state index is -0.178. The Morgan fingerprint density at radius 2 is 2.00 bits per heavy atom. The molecule has 0 fully saturated rings. The Bertz CT molecular complexity index is 756. The molecule has 0 bridgehead atoms. The number of carbonyl (C=O) groups is 1. The molecular weight excluding hydrogens is 346 g/mol. The quantitative estimate of drug-likeness (QED) is 0.837. The summed E-state index contributed by atoms with van der Waals surface area (Å²) in [4.78, 5) is 12.0. The zero-order chi connectivity index (χ0) is 15.5. The molecule has 0 aromatic heterocycles. The van der Waals surface area contributed by atoms with E-state index in [0.717, 1.165) is 27.0 Å². The maximum absolute atomic E-state index is 12.0. The third-order valence-electron chi connectivity index (χ3n) is 3.27. The van der Waals surface area contributed by atoms with Crippen molar-refractivity contribution in [1.82, 2.24) is 0 Å². The standard InChI is InChI=1S/C17H14BrNO3/c1-11-8-13(18)4-5-14(11)19-17(20)7-3-12-2-6-15-16(9-12)22-10-21-15/h2-9H,10H2,1H3,(H,19,20). The zero-order valence-electron chi connectivity index (χ0n) is 11.9. The van der Waals surface area contributed by atoms with Gasteiger partial charge in [-0.05, 0) is 54.5 Å². The van der Waals surface area contributed by atoms with Crippen molar-refractivity contribution in [2.24, 2.45) is 0 Å². The van der Waals surface area contributed by atoms with Gasteiger partial charge < -0.3 is 14.8 Å². The van der Waals surface area contributed by atoms with Crippen LogP contribution in [0.4, 0.5) is 5.69 Å². The Morgan fingerprint density at radius 1 is 1.18 bits per heavy atom. The normalized spacial score (nSPS) is 12.6. The molecule has 0 unspecified atom stereocenters. The molecular formula is C17H14BrNO3. The fourth-order valence-corrected chi connectivity index (χ4v) is 2.61. The molecule has 0 atom stereocenters. The second kappa shape index (κ2) is 6.23. The average Bonchev–Trinajstić information content (AvgIpc) is 2.95. The van der Waals surface area contributed by atoms with E-state index in [9.17, 15) is 4.79 Å². The van der Waals surface area contributed by atoms with Gasteiger partial charge in [0.25, 0.3) is 0 Å². The lowest BCUT2D eigenvalue weighted by molar-refractivity contribution is -0.111. The second-order valence-electron chi connectivity index (χ2n) is 4.89. The molecule has 4 nitrogen and oxygen atoms in total. The molecule has 2 aromatic rings. The lowest BCUT2D eigenvalue weighted by atomic mass is 10.2. The largest absolute Gasteiger partial charge is 0.454 e. The molecule has 0 spiro atoms. The number of ether oxygens (including phenoxy) is 2. The van der Waals surface area contributed by atoms with Crippen molar-refractivity contribution >= 4 is 33.6 Å². The number of hydrogen-bond acceptors (Lipinski definition) is 3. The average molecular weight is 360 g/mol. The molecule has 1 heterocycles. The van der Waals surface area contributed by atoms with Crippen LogP contribution in [-0.2, 0) is 4.79 Å². The monoisotopic (exact) mass is 359 g/mol. The van der Waals surface area contributed by atoms with E-state index in [1.807, 2.05) is 43.3 Å². The molecule has 5 heteroatoms. The molecule has 22 heavy (non-hydrogen) atoms. The number of aryl methyl sites for hydroxylation is 1. The molecule has 1 amide bonds. The molecule has 0 saturated carbocycles. The van der Waals surface area contributed by atoms with E-state index in [-0.39, 0.29) is 12.7 Å². The minimum Gasteiger partial charge on any atom is -0.454 e. The van der Waals surface area contributed by atoms with E-state index in [2.05, 4.69) is 21.2 Å². The van der Waals surface area contributed by atoms with Crippen LogP contribution in [0.3, 0.4) is 0 Å². The fraction of sp³-hybridized carbons (Fsp3) is 0.118. The van der Waals surface area contributed by atoms with E-state index >= 15 is 0 Å². The maximum Gasteiger partial charge on any atom is 0.248 e. The summed E-state index contributed by atoms with van der Waals surface area (Å²) in [5.74, 6) is 1.25. The van der Waals surface area contributed by atoms with Crippen molar-refractivity contribution in [2.75, 3.05) is 12.1 Å². The summed E-state index contributed by atoms with van der Waals surface area (Å²) >= 11 is 3.40. The van der Waals surface area contributed by atoms with E-state index in [1.54, 1.807) is 6.08 Å². The minimum absolute atomic E-state index is 0.178. The van der Waals surface area contributed by atoms with Gasteiger partial charge in [-0.2, -0.15) is 0 Å². The number of benzene rings is 2. The highest BCUT2D eigenvalue weighted by Crippen LogP contribution is 2.32. The summed E-state index contributed by atoms with van der Waals surface area (Å²) in [6.07, 6.45) is 3.24. The summed E-state index contributed by atoms with van der Waals surface area (Å²) < 4.78 is 11.5. The van der Waals surface area contributed by atoms with E-state index < -0.39 is 0 Å². The summed E-state index contributed by atoms with van der Waals surface area (Å²) in [5, 5.41) is 2.86. The highest BCUT2D eigenvalue weighted by atomic mass is 79.9. The van der Waals surface area contributed by atoms with Gasteiger partial charge in [0, 0.05) is 16.2 Å². The predicted molar refractivity (Wildman–Crippen MR) is 89.1 cm³/mol. The molecule has 0 radical (unpaired) electrons. The number of hydrogen-bond donors (Lipinski definition) is 1. The first-order valence-electron chi connectivity index (χ1n) is 6.77. The van der Waals surface area contributed by atoms with Gasteiger partial charge in [-0.25, -0.2) is 0 Å². The van der Waals surface area contributed by atoms with E-state index in [0.29, 0.717) is 5.75 Å². The molecule has 112 valence electrons. The molecule has 1 aliphatic heterocycles. The Kier molecular flexibility index (Phi) is 4.15. The lowest BCUT2D eigenvalue weighted by Crippen LogP contribution is -2.08. The highest BCUT2D eigenvalue weighted by molar-refractivity contribution is 9.10. The number of nitrogens with one attached hydrogen (secondary N) is 1. The molecule has 0 aliphatic carbocycles. The summed E-state index contributed by atoms with van der Waals surface area (Å²) in [5.41, 5.74) is 2.68. The Hall–Kier alpha value is -2.27. The van der Waals surface area contributed by atoms with Crippen molar-refractivity contribution in [2.45, 2.75) is 6.92 Å². The van der Waals surface area contributed by atoms with Crippen molar-refractivity contribution in [3.63, 3.8) is 0 Å². The van der Waals surface area contributed by atoms with Gasteiger partial charge >= 0.3 is 0 Å². The first-order valence-corrected chi connectivity index (χ1v) is 7.56. The summed E-state index contributed by atoms with van der Waals surface area (Å²) in [6, 6.07) is 11.3. The first-order chi connectivity index (χ1) is 10.6. The fourth-order valence-electron chi connectivity index (χ4n) is 2.13. The number of rotatable bonds is 3. The SMILES string of the molecule is Cc1cc(Br)ccc1NC(=O)C=Cc1ccc2c(c1)OCO2. The maximum atomic E-state index is 12.0. The van der Waals surface area contributed by atoms with Gasteiger partial charge in [-0.15, -0.1) is 0 Å². The van der Waals surface area contributed by atoms with Gasteiger partial charge in [0.2, 0.25) is 12.7 Å². The van der Waals surface area contributed by atoms with E-state index in [1.165, 1.54) is 6.08 Å². The lowest BCUT2D eigenvalue weighted by Gasteiger charge is -2.06. The van der Waals surface area contributed by atoms with Crippen LogP contribution in [0, 0.1) is 6.92 Å². The number of amides is 1. The van der Waals surface area contributed by atoms with Crippen LogP contribution in [0.1, 0.15) is 11.1 Å². The molecule has 0 saturated heterocycles. The Morgan fingerprint density at radius 3 is 2.82 bits per heavy atom. The van der Waals surface area contributed by atoms with Crippen LogP contribution in [0.2, 0.25) is 0 Å². The molecule has 2 aromatic carbocycles. The number of carbonyl (C=O) groups excluding carboxylic acids is 1. The van der Waals surface area contributed by atoms with Crippen LogP contribution >= 0.6 is 15.9 Å². The number of anilines is 1. The first kappa shape index (κ1) is 14.7. The second-order valence-corrected chi connectivity index (χ2v) is 5.81. The van der Waals surface area contributed by atoms with Crippen molar-refractivity contribution in [3.05, 3.63) is 58.1 Å². The number of fused-ring (bicyclic) bond motifs is 1. The summed E-state index contributed by atoms with van der Waals surface area (Å²) in [7, 11) is 0. The molecule has 3 rings (SSSR count). The topological polar surface area (TPSA) is 47.6 Å². The molecule has 1 aliphatic rings. The van der Waals surface area contributed by atoms with Crippen molar-refractivity contribution in [1.29, 1.82) is 0 Å². The van der Waals surface area contributed by atoms with Crippen LogP contribution in [0.15, 0.2) is 46.9 Å². The van der Waals surface area contributed by atoms with Crippen LogP contribution < -0.4 is 14.8 Å². The van der Waals surface area contributed by atoms with Gasteiger partial charge in [0.15, 0.2) is 11.5 Å². The number of halogens is 1. The summed E-state index contributed by atoms with van der Waals surface area (Å²) in [6.45, 7) is 2.19. The van der Waals surface area contributed by atoms with Crippen LogP contribution in [0.5, 0.6) is 11.5 Å². The van der Waals surface area contributed by atoms with Crippen molar-refractivity contribution < 1.29 is 14.3 Å². The Balaban J connectivity index is 1.68. The van der Waals surface area contributed by atoms with Gasteiger partial charge in [0.05, 0.1) is 0 Å². The smallest absolute Gasteiger partial charge is 0.248 e. The Labute approximate surface area is 136 Å². The third-order valence-corrected chi connectivity index (χ3v) is 3.76. The zero-order valence-corrected chi connectivity index (χ0v) is 13.5. The van der Waals surface area contributed by atoms with Gasteiger partial charge in [-0.3, -0.25) is 4.79 Å². The van der Waals surface area contributed by atoms with Gasteiger partial charge in [0.1, 0.15) is 0 Å². The van der Waals surface area contributed by atoms with Crippen LogP contribution in [0.25, 0.3) is 6.08 Å².